The second-order valence-electron chi connectivity index (χ2n) is 6.26. The third-order valence-electron chi connectivity index (χ3n) is 4.70. The molecule has 0 amide bonds. The zero-order valence-electron chi connectivity index (χ0n) is 13.9. The van der Waals surface area contributed by atoms with Gasteiger partial charge in [-0.05, 0) is 58.4 Å². The Morgan fingerprint density at radius 3 is 2.31 bits per heavy atom. The highest BCUT2D eigenvalue weighted by molar-refractivity contribution is 9.10. The highest BCUT2D eigenvalue weighted by atomic mass is 79.9. The van der Waals surface area contributed by atoms with Gasteiger partial charge in [0.1, 0.15) is 0 Å². The van der Waals surface area contributed by atoms with E-state index in [1.807, 2.05) is 30.5 Å². The Hall–Kier alpha value is -2.91. The Morgan fingerprint density at radius 2 is 1.50 bits per heavy atom. The van der Waals surface area contributed by atoms with Crippen LogP contribution in [0.15, 0.2) is 95.6 Å². The quantitative estimate of drug-likeness (QED) is 0.327. The minimum atomic E-state index is 0.978. The summed E-state index contributed by atoms with van der Waals surface area (Å²) in [7, 11) is 0. The van der Waals surface area contributed by atoms with Crippen molar-refractivity contribution in [2.75, 3.05) is 0 Å². The molecule has 5 aromatic rings. The van der Waals surface area contributed by atoms with Gasteiger partial charge >= 0.3 is 0 Å². The monoisotopic (exact) mass is 398 g/mol. The van der Waals surface area contributed by atoms with Gasteiger partial charge in [-0.25, -0.2) is 0 Å². The summed E-state index contributed by atoms with van der Waals surface area (Å²) in [5.41, 5.74) is 5.63. The highest BCUT2D eigenvalue weighted by Gasteiger charge is 2.16. The standard InChI is InChI=1S/C23H15BrN2/c24-20-15-16(21-11-6-7-13-25-21)14-19-18-10-4-5-12-22(18)26(23(19)20)17-8-2-1-3-9-17/h1-15H. The lowest BCUT2D eigenvalue weighted by Gasteiger charge is -2.09. The van der Waals surface area contributed by atoms with Crippen LogP contribution in [0.4, 0.5) is 0 Å². The summed E-state index contributed by atoms with van der Waals surface area (Å²) in [5.74, 6) is 0. The molecule has 124 valence electrons. The number of fused-ring (bicyclic) bond motifs is 3. The first-order valence-corrected chi connectivity index (χ1v) is 9.32. The molecule has 3 aromatic carbocycles. The van der Waals surface area contributed by atoms with Crippen molar-refractivity contribution in [2.24, 2.45) is 0 Å². The van der Waals surface area contributed by atoms with Crippen LogP contribution in [0.25, 0.3) is 38.8 Å². The topological polar surface area (TPSA) is 17.8 Å². The fourth-order valence-corrected chi connectivity index (χ4v) is 4.21. The van der Waals surface area contributed by atoms with E-state index in [-0.39, 0.29) is 0 Å². The maximum absolute atomic E-state index is 4.51. The van der Waals surface area contributed by atoms with Crippen LogP contribution in [0, 0.1) is 0 Å². The minimum absolute atomic E-state index is 0.978. The lowest BCUT2D eigenvalue weighted by Crippen LogP contribution is -1.94. The number of para-hydroxylation sites is 2. The number of hydrogen-bond donors (Lipinski definition) is 0. The number of aromatic nitrogens is 2. The molecule has 3 heteroatoms. The normalized spacial score (nSPS) is 11.3. The Kier molecular flexibility index (Phi) is 3.61. The first-order chi connectivity index (χ1) is 12.8. The number of nitrogens with zero attached hydrogens (tertiary/aromatic N) is 2. The van der Waals surface area contributed by atoms with Gasteiger partial charge in [0.15, 0.2) is 0 Å². The number of halogens is 1. The average Bonchev–Trinajstić information content (AvgIpc) is 3.04. The van der Waals surface area contributed by atoms with E-state index in [1.54, 1.807) is 0 Å². The van der Waals surface area contributed by atoms with Crippen LogP contribution in [0.5, 0.6) is 0 Å². The molecule has 26 heavy (non-hydrogen) atoms. The van der Waals surface area contributed by atoms with Crippen molar-refractivity contribution in [3.63, 3.8) is 0 Å². The van der Waals surface area contributed by atoms with Crippen LogP contribution in [0.1, 0.15) is 0 Å². The molecule has 0 N–H and O–H groups in total. The second-order valence-corrected chi connectivity index (χ2v) is 7.11. The molecule has 0 radical (unpaired) electrons. The fourth-order valence-electron chi connectivity index (χ4n) is 3.58. The van der Waals surface area contributed by atoms with Gasteiger partial charge in [-0.15, -0.1) is 0 Å². The van der Waals surface area contributed by atoms with Crippen LogP contribution in [-0.4, -0.2) is 9.55 Å². The van der Waals surface area contributed by atoms with Crippen molar-refractivity contribution in [1.82, 2.24) is 9.55 Å². The number of hydrogen-bond acceptors (Lipinski definition) is 1. The van der Waals surface area contributed by atoms with Crippen LogP contribution < -0.4 is 0 Å². The van der Waals surface area contributed by atoms with E-state index in [0.717, 1.165) is 21.4 Å². The Morgan fingerprint density at radius 1 is 0.731 bits per heavy atom. The van der Waals surface area contributed by atoms with Crippen molar-refractivity contribution >= 4 is 37.7 Å². The van der Waals surface area contributed by atoms with Crippen LogP contribution in [0.3, 0.4) is 0 Å². The summed E-state index contributed by atoms with van der Waals surface area (Å²) in [6, 6.07) is 29.4. The average molecular weight is 399 g/mol. The van der Waals surface area contributed by atoms with Crippen molar-refractivity contribution in [2.45, 2.75) is 0 Å². The molecule has 0 atom stereocenters. The lowest BCUT2D eigenvalue weighted by atomic mass is 10.1. The third kappa shape index (κ3) is 2.36. The Labute approximate surface area is 159 Å². The minimum Gasteiger partial charge on any atom is -0.308 e. The molecule has 0 aliphatic rings. The molecule has 2 heterocycles. The lowest BCUT2D eigenvalue weighted by molar-refractivity contribution is 1.18. The molecule has 2 aromatic heterocycles. The molecular formula is C23H15BrN2. The van der Waals surface area contributed by atoms with Gasteiger partial charge in [0, 0.05) is 32.7 Å². The highest BCUT2D eigenvalue weighted by Crippen LogP contribution is 2.38. The van der Waals surface area contributed by atoms with Gasteiger partial charge < -0.3 is 4.57 Å². The smallest absolute Gasteiger partial charge is 0.0702 e. The molecule has 0 saturated carbocycles. The third-order valence-corrected chi connectivity index (χ3v) is 5.30. The summed E-state index contributed by atoms with van der Waals surface area (Å²) in [6.07, 6.45) is 1.83. The van der Waals surface area contributed by atoms with E-state index < -0.39 is 0 Å². The molecule has 0 unspecified atom stereocenters. The SMILES string of the molecule is Brc1cc(-c2ccccn2)cc2c3ccccc3n(-c3ccccc3)c12. The Balaban J connectivity index is 1.91. The van der Waals surface area contributed by atoms with Crippen molar-refractivity contribution < 1.29 is 0 Å². The summed E-state index contributed by atoms with van der Waals surface area (Å²) in [6.45, 7) is 0. The van der Waals surface area contributed by atoms with E-state index in [0.29, 0.717) is 0 Å². The van der Waals surface area contributed by atoms with Gasteiger partial charge in [-0.2, -0.15) is 0 Å². The Bertz CT molecular complexity index is 1230. The predicted octanol–water partition coefficient (Wildman–Crippen LogP) is 6.61. The predicted molar refractivity (Wildman–Crippen MR) is 112 cm³/mol. The zero-order valence-corrected chi connectivity index (χ0v) is 15.5. The van der Waals surface area contributed by atoms with Gasteiger partial charge in [-0.1, -0.05) is 42.5 Å². The van der Waals surface area contributed by atoms with E-state index in [9.17, 15) is 0 Å². The van der Waals surface area contributed by atoms with Crippen molar-refractivity contribution in [3.8, 4) is 16.9 Å². The molecule has 0 spiro atoms. The fraction of sp³-hybridized carbons (Fsp3) is 0. The largest absolute Gasteiger partial charge is 0.308 e. The molecular weight excluding hydrogens is 384 g/mol. The molecule has 0 aliphatic heterocycles. The van der Waals surface area contributed by atoms with Crippen LogP contribution in [0.2, 0.25) is 0 Å². The van der Waals surface area contributed by atoms with Gasteiger partial charge in [0.05, 0.1) is 16.7 Å². The molecule has 0 bridgehead atoms. The van der Waals surface area contributed by atoms with E-state index >= 15 is 0 Å². The van der Waals surface area contributed by atoms with E-state index in [2.05, 4.69) is 86.1 Å². The van der Waals surface area contributed by atoms with Crippen molar-refractivity contribution in [1.29, 1.82) is 0 Å². The zero-order chi connectivity index (χ0) is 17.5. The molecule has 0 fully saturated rings. The number of benzene rings is 3. The first-order valence-electron chi connectivity index (χ1n) is 8.52. The number of pyridine rings is 1. The number of rotatable bonds is 2. The maximum atomic E-state index is 4.51. The first kappa shape index (κ1) is 15.4. The van der Waals surface area contributed by atoms with E-state index in [1.165, 1.54) is 21.8 Å². The summed E-state index contributed by atoms with van der Waals surface area (Å²) in [5, 5.41) is 2.46. The molecule has 0 aliphatic carbocycles. The molecule has 0 saturated heterocycles. The van der Waals surface area contributed by atoms with Crippen molar-refractivity contribution in [3.05, 3.63) is 95.6 Å². The van der Waals surface area contributed by atoms with Gasteiger partial charge in [-0.3, -0.25) is 4.98 Å². The molecule has 2 nitrogen and oxygen atoms in total. The second kappa shape index (κ2) is 6.11. The summed E-state index contributed by atoms with van der Waals surface area (Å²) in [4.78, 5) is 4.51. The summed E-state index contributed by atoms with van der Waals surface area (Å²) >= 11 is 3.82. The van der Waals surface area contributed by atoms with Crippen LogP contribution in [-0.2, 0) is 0 Å². The molecule has 5 rings (SSSR count). The van der Waals surface area contributed by atoms with E-state index in [4.69, 9.17) is 0 Å². The summed E-state index contributed by atoms with van der Waals surface area (Å²) < 4.78 is 3.38. The maximum Gasteiger partial charge on any atom is 0.0702 e. The van der Waals surface area contributed by atoms with Gasteiger partial charge in [0.25, 0.3) is 0 Å². The van der Waals surface area contributed by atoms with Gasteiger partial charge in [0.2, 0.25) is 0 Å². The van der Waals surface area contributed by atoms with Crippen LogP contribution >= 0.6 is 15.9 Å².